The van der Waals surface area contributed by atoms with Crippen molar-refractivity contribution in [3.63, 3.8) is 0 Å². The molecule has 0 saturated carbocycles. The molecule has 0 amide bonds. The van der Waals surface area contributed by atoms with Crippen LogP contribution in [0.5, 0.6) is 0 Å². The van der Waals surface area contributed by atoms with E-state index in [0.717, 1.165) is 43.2 Å². The Morgan fingerprint density at radius 2 is 1.92 bits per heavy atom. The number of hydrogen-bond donors (Lipinski definition) is 4. The molecule has 4 heterocycles. The SMILES string of the molecule is C=C(NS(=O)O)c1cccc(-c2nccc3c(N)nc(Nc4ccc(N5CCN(C)CC5)nc4)nc23)c1. The molecule has 1 fully saturated rings. The van der Waals surface area contributed by atoms with Gasteiger partial charge in [-0.1, -0.05) is 24.8 Å². The maximum atomic E-state index is 11.1. The molecular formula is C25H27N9O2S. The van der Waals surface area contributed by atoms with E-state index in [9.17, 15) is 4.21 Å². The topological polar surface area (TPSA) is 145 Å². The Hall–Kier alpha value is -4.13. The van der Waals surface area contributed by atoms with E-state index in [1.54, 1.807) is 24.5 Å². The van der Waals surface area contributed by atoms with Crippen molar-refractivity contribution in [2.45, 2.75) is 0 Å². The van der Waals surface area contributed by atoms with Crippen LogP contribution in [0.15, 0.2) is 61.4 Å². The average Bonchev–Trinajstić information content (AvgIpc) is 2.89. The highest BCUT2D eigenvalue weighted by molar-refractivity contribution is 7.77. The van der Waals surface area contributed by atoms with Gasteiger partial charge in [0.15, 0.2) is 0 Å². The number of nitrogen functional groups attached to an aromatic ring is 1. The largest absolute Gasteiger partial charge is 0.383 e. The molecule has 190 valence electrons. The summed E-state index contributed by atoms with van der Waals surface area (Å²) >= 11 is -2.22. The van der Waals surface area contributed by atoms with Crippen molar-refractivity contribution in [2.24, 2.45) is 0 Å². The maximum Gasteiger partial charge on any atom is 0.259 e. The van der Waals surface area contributed by atoms with E-state index in [-0.39, 0.29) is 0 Å². The van der Waals surface area contributed by atoms with Gasteiger partial charge in [-0.3, -0.25) is 14.3 Å². The molecule has 3 aromatic heterocycles. The number of pyridine rings is 2. The van der Waals surface area contributed by atoms with Crippen LogP contribution in [0, 0.1) is 0 Å². The molecule has 5 rings (SSSR count). The van der Waals surface area contributed by atoms with Gasteiger partial charge in [0, 0.05) is 49.0 Å². The quantitative estimate of drug-likeness (QED) is 0.270. The van der Waals surface area contributed by atoms with Crippen LogP contribution < -0.4 is 20.7 Å². The molecule has 0 radical (unpaired) electrons. The van der Waals surface area contributed by atoms with E-state index >= 15 is 0 Å². The van der Waals surface area contributed by atoms with Crippen LogP contribution >= 0.6 is 0 Å². The number of piperazine rings is 1. The van der Waals surface area contributed by atoms with Gasteiger partial charge in [0.1, 0.15) is 17.2 Å². The second-order valence-corrected chi connectivity index (χ2v) is 9.42. The molecule has 1 atom stereocenters. The third-order valence-corrected chi connectivity index (χ3v) is 6.59. The van der Waals surface area contributed by atoms with E-state index in [4.69, 9.17) is 15.3 Å². The number of rotatable bonds is 7. The highest BCUT2D eigenvalue weighted by Crippen LogP contribution is 2.30. The number of nitrogens with zero attached hydrogens (tertiary/aromatic N) is 6. The Morgan fingerprint density at radius 1 is 1.11 bits per heavy atom. The molecule has 1 aliphatic rings. The zero-order valence-corrected chi connectivity index (χ0v) is 21.1. The summed E-state index contributed by atoms with van der Waals surface area (Å²) < 4.78 is 22.6. The zero-order valence-electron chi connectivity index (χ0n) is 20.3. The first kappa shape index (κ1) is 24.6. The highest BCUT2D eigenvalue weighted by Gasteiger charge is 2.16. The first-order valence-electron chi connectivity index (χ1n) is 11.6. The normalized spacial score (nSPS) is 14.9. The molecule has 1 saturated heterocycles. The van der Waals surface area contributed by atoms with Crippen LogP contribution in [0.4, 0.5) is 23.3 Å². The molecule has 1 unspecified atom stereocenters. The first-order chi connectivity index (χ1) is 17.9. The molecule has 1 aliphatic heterocycles. The van der Waals surface area contributed by atoms with Crippen LogP contribution in [0.1, 0.15) is 5.56 Å². The van der Waals surface area contributed by atoms with Crippen molar-refractivity contribution in [3.8, 4) is 11.3 Å². The van der Waals surface area contributed by atoms with E-state index < -0.39 is 11.3 Å². The third-order valence-electron chi connectivity index (χ3n) is 6.17. The van der Waals surface area contributed by atoms with E-state index in [2.05, 4.69) is 48.4 Å². The van der Waals surface area contributed by atoms with Gasteiger partial charge in [0.2, 0.25) is 5.95 Å². The lowest BCUT2D eigenvalue weighted by Crippen LogP contribution is -2.44. The first-order valence-corrected chi connectivity index (χ1v) is 12.7. The van der Waals surface area contributed by atoms with Gasteiger partial charge < -0.3 is 20.9 Å². The monoisotopic (exact) mass is 517 g/mol. The van der Waals surface area contributed by atoms with Crippen LogP contribution in [-0.4, -0.2) is 66.8 Å². The summed E-state index contributed by atoms with van der Waals surface area (Å²) in [6, 6.07) is 13.0. The van der Waals surface area contributed by atoms with Crippen molar-refractivity contribution in [3.05, 3.63) is 67.0 Å². The Morgan fingerprint density at radius 3 is 2.65 bits per heavy atom. The second-order valence-electron chi connectivity index (χ2n) is 8.72. The predicted molar refractivity (Wildman–Crippen MR) is 147 cm³/mol. The summed E-state index contributed by atoms with van der Waals surface area (Å²) in [5.74, 6) is 1.58. The molecule has 12 heteroatoms. The zero-order chi connectivity index (χ0) is 25.9. The van der Waals surface area contributed by atoms with Gasteiger partial charge in [0.25, 0.3) is 11.3 Å². The smallest absolute Gasteiger partial charge is 0.259 e. The minimum Gasteiger partial charge on any atom is -0.383 e. The fourth-order valence-electron chi connectivity index (χ4n) is 4.18. The van der Waals surface area contributed by atoms with Crippen molar-refractivity contribution in [1.29, 1.82) is 0 Å². The lowest BCUT2D eigenvalue weighted by Gasteiger charge is -2.33. The number of nitrogens with one attached hydrogen (secondary N) is 2. The van der Waals surface area contributed by atoms with Gasteiger partial charge in [-0.25, -0.2) is 14.2 Å². The number of benzene rings is 1. The van der Waals surface area contributed by atoms with Gasteiger partial charge >= 0.3 is 0 Å². The molecule has 0 aliphatic carbocycles. The fraction of sp³-hybridized carbons (Fsp3) is 0.200. The molecule has 11 nitrogen and oxygen atoms in total. The van der Waals surface area contributed by atoms with Crippen molar-refractivity contribution in [1.82, 2.24) is 29.6 Å². The molecule has 37 heavy (non-hydrogen) atoms. The number of anilines is 4. The summed E-state index contributed by atoms with van der Waals surface area (Å²) in [4.78, 5) is 22.9. The fourth-order valence-corrected chi connectivity index (χ4v) is 4.51. The summed E-state index contributed by atoms with van der Waals surface area (Å²) in [5, 5.41) is 3.86. The molecular weight excluding hydrogens is 490 g/mol. The van der Waals surface area contributed by atoms with Gasteiger partial charge in [-0.2, -0.15) is 4.98 Å². The molecule has 5 N–H and O–H groups in total. The Bertz CT molecular complexity index is 1470. The van der Waals surface area contributed by atoms with Crippen LogP contribution in [0.3, 0.4) is 0 Å². The van der Waals surface area contributed by atoms with E-state index in [1.807, 2.05) is 30.3 Å². The molecule has 0 spiro atoms. The number of likely N-dealkylation sites (N-methyl/N-ethyl adjacent to an activating group) is 1. The summed E-state index contributed by atoms with van der Waals surface area (Å²) in [6.45, 7) is 7.73. The lowest BCUT2D eigenvalue weighted by atomic mass is 10.0. The highest BCUT2D eigenvalue weighted by atomic mass is 32.2. The Balaban J connectivity index is 1.43. The van der Waals surface area contributed by atoms with Gasteiger partial charge in [-0.05, 0) is 36.9 Å². The summed E-state index contributed by atoms with van der Waals surface area (Å²) in [6.07, 6.45) is 3.41. The summed E-state index contributed by atoms with van der Waals surface area (Å²) in [7, 11) is 2.12. The van der Waals surface area contributed by atoms with Crippen LogP contribution in [-0.2, 0) is 11.3 Å². The molecule has 4 aromatic rings. The number of hydrogen-bond acceptors (Lipinski definition) is 9. The third kappa shape index (κ3) is 5.50. The molecule has 1 aromatic carbocycles. The van der Waals surface area contributed by atoms with Crippen LogP contribution in [0.25, 0.3) is 27.9 Å². The molecule has 0 bridgehead atoms. The Kier molecular flexibility index (Phi) is 6.95. The van der Waals surface area contributed by atoms with E-state index in [1.165, 1.54) is 0 Å². The van der Waals surface area contributed by atoms with Gasteiger partial charge in [0.05, 0.1) is 17.6 Å². The average molecular weight is 518 g/mol. The number of fused-ring (bicyclic) bond motifs is 1. The second kappa shape index (κ2) is 10.5. The minimum absolute atomic E-state index is 0.312. The van der Waals surface area contributed by atoms with Gasteiger partial charge in [-0.15, -0.1) is 0 Å². The van der Waals surface area contributed by atoms with Crippen LogP contribution in [0.2, 0.25) is 0 Å². The maximum absolute atomic E-state index is 11.1. The van der Waals surface area contributed by atoms with Crippen molar-refractivity contribution >= 4 is 51.1 Å². The number of nitrogens with two attached hydrogens (primary N) is 1. The predicted octanol–water partition coefficient (Wildman–Crippen LogP) is 2.86. The van der Waals surface area contributed by atoms with Crippen molar-refractivity contribution < 1.29 is 8.76 Å². The van der Waals surface area contributed by atoms with Crippen molar-refractivity contribution in [2.75, 3.05) is 49.2 Å². The Labute approximate surface area is 216 Å². The van der Waals surface area contributed by atoms with E-state index in [0.29, 0.717) is 39.6 Å². The lowest BCUT2D eigenvalue weighted by molar-refractivity contribution is 0.312. The minimum atomic E-state index is -2.22. The summed E-state index contributed by atoms with van der Waals surface area (Å²) in [5.41, 5.74) is 9.90. The number of aromatic nitrogens is 4. The standard InChI is InChI=1S/C25H27N9O2S/c1-16(32-37(35)36)17-4-3-5-18(14-17)22-23-20(8-9-27-22)24(26)31-25(30-23)29-19-6-7-21(28-15-19)34-12-10-33(2)11-13-34/h3-9,14-15,32H,1,10-13H2,2H3,(H,35,36)(H3,26,29,30,31).